The Morgan fingerprint density at radius 3 is 2.38 bits per heavy atom. The van der Waals surface area contributed by atoms with Gasteiger partial charge < -0.3 is 14.7 Å². The predicted molar refractivity (Wildman–Crippen MR) is 133 cm³/mol. The molecule has 0 spiro atoms. The maximum Gasteiger partial charge on any atom is 0.326 e. The highest BCUT2D eigenvalue weighted by molar-refractivity contribution is 7.92. The maximum absolute atomic E-state index is 14.6. The molecule has 0 unspecified atom stereocenters. The highest BCUT2D eigenvalue weighted by Crippen LogP contribution is 2.40. The molecule has 0 saturated carbocycles. The fourth-order valence-electron chi connectivity index (χ4n) is 4.56. The zero-order chi connectivity index (χ0) is 26.9. The predicted octanol–water partition coefficient (Wildman–Crippen LogP) is 4.44. The van der Waals surface area contributed by atoms with E-state index in [2.05, 4.69) is 4.72 Å². The number of anilines is 1. The highest BCUT2D eigenvalue weighted by atomic mass is 32.2. The summed E-state index contributed by atoms with van der Waals surface area (Å²) in [6, 6.07) is 12.5. The van der Waals surface area contributed by atoms with Crippen molar-refractivity contribution >= 4 is 27.6 Å². The highest BCUT2D eigenvalue weighted by Gasteiger charge is 2.43. The summed E-state index contributed by atoms with van der Waals surface area (Å²) >= 11 is 0. The van der Waals surface area contributed by atoms with E-state index in [0.717, 1.165) is 17.2 Å². The number of rotatable bonds is 7. The average molecular weight is 531 g/mol. The minimum atomic E-state index is -3.43. The number of carboxylic acids is 1. The molecule has 1 aliphatic heterocycles. The summed E-state index contributed by atoms with van der Waals surface area (Å²) in [5.74, 6) is -3.77. The van der Waals surface area contributed by atoms with E-state index in [1.807, 2.05) is 0 Å². The standard InChI is InChI=1S/C26H24F2N2O6S/c1-36-23-14-16(8-11-18(23)15-6-9-17(10-7-15)29-37(2,34)35)25(31)30-21(12-13-22(30)26(32)33)19-4-3-5-20(27)24(19)28/h3-11,14,21-22,29H,12-13H2,1-2H3,(H,32,33)/t21-,22+/m1/s1. The van der Waals surface area contributed by atoms with Crippen molar-refractivity contribution in [3.63, 3.8) is 0 Å². The van der Waals surface area contributed by atoms with Crippen LogP contribution in [-0.2, 0) is 14.8 Å². The van der Waals surface area contributed by atoms with Crippen LogP contribution >= 0.6 is 0 Å². The molecule has 4 rings (SSSR count). The minimum absolute atomic E-state index is 0.0801. The monoisotopic (exact) mass is 530 g/mol. The Morgan fingerprint density at radius 2 is 1.76 bits per heavy atom. The number of nitrogens with one attached hydrogen (secondary N) is 1. The van der Waals surface area contributed by atoms with Gasteiger partial charge in [0.1, 0.15) is 11.8 Å². The molecule has 1 saturated heterocycles. The van der Waals surface area contributed by atoms with Crippen molar-refractivity contribution in [2.24, 2.45) is 0 Å². The van der Waals surface area contributed by atoms with E-state index in [9.17, 15) is 31.9 Å². The van der Waals surface area contributed by atoms with E-state index < -0.39 is 45.6 Å². The number of hydrogen-bond acceptors (Lipinski definition) is 5. The molecule has 2 N–H and O–H groups in total. The molecule has 1 aliphatic rings. The lowest BCUT2D eigenvalue weighted by molar-refractivity contribution is -0.141. The van der Waals surface area contributed by atoms with E-state index in [4.69, 9.17) is 4.74 Å². The molecule has 194 valence electrons. The third-order valence-corrected chi connectivity index (χ3v) is 6.80. The Balaban J connectivity index is 1.69. The number of aliphatic carboxylic acids is 1. The number of halogens is 2. The lowest BCUT2D eigenvalue weighted by Gasteiger charge is -2.29. The summed E-state index contributed by atoms with van der Waals surface area (Å²) in [7, 11) is -2.02. The summed E-state index contributed by atoms with van der Waals surface area (Å²) in [6.07, 6.45) is 1.29. The molecule has 0 radical (unpaired) electrons. The Hall–Kier alpha value is -3.99. The molecule has 2 atom stereocenters. The number of carboxylic acid groups (broad SMARTS) is 1. The second-order valence-corrected chi connectivity index (χ2v) is 10.4. The van der Waals surface area contributed by atoms with Gasteiger partial charge >= 0.3 is 5.97 Å². The van der Waals surface area contributed by atoms with Crippen molar-refractivity contribution < 1.29 is 36.6 Å². The number of methoxy groups -OCH3 is 1. The average Bonchev–Trinajstić information content (AvgIpc) is 3.30. The van der Waals surface area contributed by atoms with Gasteiger partial charge in [0.25, 0.3) is 5.91 Å². The van der Waals surface area contributed by atoms with E-state index in [1.165, 1.54) is 31.4 Å². The third-order valence-electron chi connectivity index (χ3n) is 6.19. The molecule has 0 bridgehead atoms. The number of ether oxygens (including phenoxy) is 1. The van der Waals surface area contributed by atoms with Gasteiger partial charge in [-0.2, -0.15) is 0 Å². The topological polar surface area (TPSA) is 113 Å². The van der Waals surface area contributed by atoms with E-state index >= 15 is 0 Å². The van der Waals surface area contributed by atoms with E-state index in [0.29, 0.717) is 22.6 Å². The number of carbonyl (C=O) groups excluding carboxylic acids is 1. The van der Waals surface area contributed by atoms with Crippen molar-refractivity contribution in [3.05, 3.63) is 83.4 Å². The van der Waals surface area contributed by atoms with Gasteiger partial charge in [-0.3, -0.25) is 9.52 Å². The fraction of sp³-hybridized carbons (Fsp3) is 0.231. The molecule has 0 aromatic heterocycles. The smallest absolute Gasteiger partial charge is 0.326 e. The Bertz CT molecular complexity index is 1460. The molecule has 1 heterocycles. The number of amides is 1. The number of likely N-dealkylation sites (tertiary alicyclic amines) is 1. The lowest BCUT2D eigenvalue weighted by Crippen LogP contribution is -2.42. The van der Waals surface area contributed by atoms with E-state index in [-0.39, 0.29) is 24.0 Å². The first kappa shape index (κ1) is 26.1. The first-order valence-electron chi connectivity index (χ1n) is 11.3. The summed E-state index contributed by atoms with van der Waals surface area (Å²) < 4.78 is 59.2. The van der Waals surface area contributed by atoms with Crippen molar-refractivity contribution in [2.45, 2.75) is 24.9 Å². The molecular formula is C26H24F2N2O6S. The van der Waals surface area contributed by atoms with Crippen LogP contribution in [0.5, 0.6) is 5.75 Å². The Kier molecular flexibility index (Phi) is 7.17. The summed E-state index contributed by atoms with van der Waals surface area (Å²) in [5, 5.41) is 9.73. The van der Waals surface area contributed by atoms with Gasteiger partial charge in [-0.05, 0) is 54.8 Å². The third kappa shape index (κ3) is 5.41. The van der Waals surface area contributed by atoms with Gasteiger partial charge in [0.2, 0.25) is 10.0 Å². The quantitative estimate of drug-likeness (QED) is 0.467. The zero-order valence-corrected chi connectivity index (χ0v) is 20.8. The van der Waals surface area contributed by atoms with Crippen LogP contribution in [0.4, 0.5) is 14.5 Å². The van der Waals surface area contributed by atoms with Gasteiger partial charge in [-0.15, -0.1) is 0 Å². The van der Waals surface area contributed by atoms with Crippen LogP contribution in [-0.4, -0.2) is 49.7 Å². The first-order valence-corrected chi connectivity index (χ1v) is 13.1. The number of benzene rings is 3. The zero-order valence-electron chi connectivity index (χ0n) is 19.9. The molecular weight excluding hydrogens is 506 g/mol. The maximum atomic E-state index is 14.6. The Morgan fingerprint density at radius 1 is 1.05 bits per heavy atom. The van der Waals surface area contributed by atoms with Gasteiger partial charge in [0.15, 0.2) is 11.6 Å². The van der Waals surface area contributed by atoms with Gasteiger partial charge in [0, 0.05) is 22.4 Å². The molecule has 0 aliphatic carbocycles. The van der Waals surface area contributed by atoms with Crippen molar-refractivity contribution in [1.29, 1.82) is 0 Å². The van der Waals surface area contributed by atoms with Crippen molar-refractivity contribution in [1.82, 2.24) is 4.90 Å². The number of hydrogen-bond donors (Lipinski definition) is 2. The summed E-state index contributed by atoms with van der Waals surface area (Å²) in [5.41, 5.74) is 1.70. The van der Waals surface area contributed by atoms with E-state index in [1.54, 1.807) is 30.3 Å². The first-order chi connectivity index (χ1) is 17.5. The van der Waals surface area contributed by atoms with Crippen molar-refractivity contribution in [2.75, 3.05) is 18.1 Å². The Labute approximate surface area is 212 Å². The fourth-order valence-corrected chi connectivity index (χ4v) is 5.13. The summed E-state index contributed by atoms with van der Waals surface area (Å²) in [6.45, 7) is 0. The molecule has 8 nitrogen and oxygen atoms in total. The number of nitrogens with zero attached hydrogens (tertiary/aromatic N) is 1. The minimum Gasteiger partial charge on any atom is -0.496 e. The van der Waals surface area contributed by atoms with Crippen LogP contribution < -0.4 is 9.46 Å². The van der Waals surface area contributed by atoms with Crippen LogP contribution in [0.15, 0.2) is 60.7 Å². The van der Waals surface area contributed by atoms with Crippen LogP contribution in [0.1, 0.15) is 34.8 Å². The molecule has 37 heavy (non-hydrogen) atoms. The van der Waals surface area contributed by atoms with Crippen molar-refractivity contribution in [3.8, 4) is 16.9 Å². The van der Waals surface area contributed by atoms with Gasteiger partial charge in [-0.1, -0.05) is 24.3 Å². The molecule has 1 fully saturated rings. The SMILES string of the molecule is COc1cc(C(=O)N2[C@@H](c3cccc(F)c3F)CC[C@H]2C(=O)O)ccc1-c1ccc(NS(C)(=O)=O)cc1. The van der Waals surface area contributed by atoms with Gasteiger partial charge in [-0.25, -0.2) is 22.0 Å². The van der Waals surface area contributed by atoms with Crippen LogP contribution in [0.3, 0.4) is 0 Å². The van der Waals surface area contributed by atoms with Gasteiger partial charge in [0.05, 0.1) is 19.4 Å². The molecule has 11 heteroatoms. The van der Waals surface area contributed by atoms with Crippen LogP contribution in [0, 0.1) is 11.6 Å². The lowest BCUT2D eigenvalue weighted by atomic mass is 10.0. The second-order valence-electron chi connectivity index (χ2n) is 8.67. The largest absolute Gasteiger partial charge is 0.496 e. The normalized spacial score (nSPS) is 17.5. The van der Waals surface area contributed by atoms with Crippen LogP contribution in [0.2, 0.25) is 0 Å². The second kappa shape index (κ2) is 10.2. The molecule has 3 aromatic rings. The number of sulfonamides is 1. The van der Waals surface area contributed by atoms with Crippen LogP contribution in [0.25, 0.3) is 11.1 Å². The number of carbonyl (C=O) groups is 2. The molecule has 3 aromatic carbocycles. The molecule has 1 amide bonds. The summed E-state index contributed by atoms with van der Waals surface area (Å²) in [4.78, 5) is 26.6.